The van der Waals surface area contributed by atoms with E-state index in [0.717, 1.165) is 0 Å². The predicted octanol–water partition coefficient (Wildman–Crippen LogP) is 1.73. The van der Waals surface area contributed by atoms with Crippen molar-refractivity contribution >= 4 is 18.8 Å². The summed E-state index contributed by atoms with van der Waals surface area (Å²) >= 11 is 0. The van der Waals surface area contributed by atoms with Crippen molar-refractivity contribution in [1.29, 1.82) is 0 Å². The maximum Gasteiger partial charge on any atom is 0.372 e. The molecular formula is C18H16N4Si. The van der Waals surface area contributed by atoms with Crippen molar-refractivity contribution in [2.75, 3.05) is 0 Å². The second-order valence-corrected chi connectivity index (χ2v) is 8.72. The minimum absolute atomic E-state index is 1.23. The zero-order valence-corrected chi connectivity index (χ0v) is 13.5. The highest BCUT2D eigenvalue weighted by molar-refractivity contribution is 6.99. The Kier molecular flexibility index (Phi) is 3.40. The van der Waals surface area contributed by atoms with E-state index in [2.05, 4.69) is 67.4 Å². The van der Waals surface area contributed by atoms with Crippen LogP contribution < -0.4 is 10.4 Å². The van der Waals surface area contributed by atoms with Gasteiger partial charge < -0.3 is 0 Å². The van der Waals surface area contributed by atoms with Crippen LogP contribution in [0.5, 0.6) is 0 Å². The molecule has 2 aromatic carbocycles. The molecule has 0 saturated carbocycles. The summed E-state index contributed by atoms with van der Waals surface area (Å²) in [5, 5.41) is 11.7. The van der Waals surface area contributed by atoms with Crippen molar-refractivity contribution in [3.63, 3.8) is 0 Å². The first-order valence-corrected chi connectivity index (χ1v) is 9.43. The fourth-order valence-corrected chi connectivity index (χ4v) is 7.05. The summed E-state index contributed by atoms with van der Waals surface area (Å²) in [6, 6.07) is 25.0. The van der Waals surface area contributed by atoms with Crippen molar-refractivity contribution in [2.45, 2.75) is 0 Å². The SMILES string of the molecule is c1ccc([Si](c2ccccc2)(n2cccn2)n2cccn2)cc1. The third-order valence-corrected chi connectivity index (χ3v) is 8.16. The van der Waals surface area contributed by atoms with Crippen LogP contribution in [-0.4, -0.2) is 27.3 Å². The molecule has 2 heterocycles. The van der Waals surface area contributed by atoms with Crippen LogP contribution in [0, 0.1) is 0 Å². The van der Waals surface area contributed by atoms with Gasteiger partial charge in [0, 0.05) is 24.8 Å². The minimum atomic E-state index is -2.58. The first-order chi connectivity index (χ1) is 11.4. The molecule has 4 rings (SSSR count). The molecule has 0 atom stereocenters. The van der Waals surface area contributed by atoms with E-state index in [1.165, 1.54) is 10.4 Å². The summed E-state index contributed by atoms with van der Waals surface area (Å²) in [6.07, 6.45) is 7.73. The van der Waals surface area contributed by atoms with Crippen LogP contribution in [-0.2, 0) is 0 Å². The standard InChI is InChI=1S/C18H16N4Si/c1-3-9-17(10-4-1)23(21-15-7-13-19-21,22-16-8-14-20-22)18-11-5-2-6-12-18/h1-16H. The molecular weight excluding hydrogens is 300 g/mol. The number of aromatic nitrogens is 4. The van der Waals surface area contributed by atoms with E-state index in [4.69, 9.17) is 0 Å². The fourth-order valence-electron chi connectivity index (χ4n) is 3.06. The summed E-state index contributed by atoms with van der Waals surface area (Å²) in [7, 11) is -2.58. The Morgan fingerprint density at radius 1 is 0.565 bits per heavy atom. The highest BCUT2D eigenvalue weighted by atomic mass is 28.3. The van der Waals surface area contributed by atoms with Crippen LogP contribution in [0.1, 0.15) is 0 Å². The highest BCUT2D eigenvalue weighted by Gasteiger charge is 2.44. The van der Waals surface area contributed by atoms with E-state index in [9.17, 15) is 0 Å². The molecule has 0 saturated heterocycles. The summed E-state index contributed by atoms with van der Waals surface area (Å²) in [5.74, 6) is 0. The molecule has 0 bridgehead atoms. The molecule has 112 valence electrons. The Bertz CT molecular complexity index is 780. The largest absolute Gasteiger partial charge is 0.372 e. The Balaban J connectivity index is 2.11. The lowest BCUT2D eigenvalue weighted by molar-refractivity contribution is 0.843. The van der Waals surface area contributed by atoms with E-state index in [-0.39, 0.29) is 0 Å². The van der Waals surface area contributed by atoms with Gasteiger partial charge in [-0.2, -0.15) is 10.2 Å². The molecule has 0 aliphatic heterocycles. The molecule has 4 aromatic rings. The van der Waals surface area contributed by atoms with Crippen molar-refractivity contribution in [1.82, 2.24) is 18.9 Å². The molecule has 0 aliphatic carbocycles. The van der Waals surface area contributed by atoms with Gasteiger partial charge >= 0.3 is 8.40 Å². The number of hydrogen-bond acceptors (Lipinski definition) is 2. The molecule has 23 heavy (non-hydrogen) atoms. The lowest BCUT2D eigenvalue weighted by atomic mass is 10.4. The lowest BCUT2D eigenvalue weighted by Crippen LogP contribution is -2.70. The predicted molar refractivity (Wildman–Crippen MR) is 93.2 cm³/mol. The number of hydrogen-bond donors (Lipinski definition) is 0. The van der Waals surface area contributed by atoms with Gasteiger partial charge in [-0.05, 0) is 22.5 Å². The average Bonchev–Trinajstić information content (AvgIpc) is 3.32. The topological polar surface area (TPSA) is 35.6 Å². The Morgan fingerprint density at radius 2 is 1.00 bits per heavy atom. The zero-order valence-electron chi connectivity index (χ0n) is 12.5. The van der Waals surface area contributed by atoms with Gasteiger partial charge in [-0.1, -0.05) is 60.7 Å². The molecule has 0 N–H and O–H groups in total. The number of benzene rings is 2. The number of nitrogens with zero attached hydrogens (tertiary/aromatic N) is 4. The van der Waals surface area contributed by atoms with E-state index in [1.807, 2.05) is 49.1 Å². The molecule has 2 aromatic heterocycles. The average molecular weight is 316 g/mol. The Labute approximate surface area is 135 Å². The molecule has 0 amide bonds. The van der Waals surface area contributed by atoms with Crippen LogP contribution in [0.15, 0.2) is 97.6 Å². The van der Waals surface area contributed by atoms with E-state index < -0.39 is 8.40 Å². The lowest BCUT2D eigenvalue weighted by Gasteiger charge is -2.32. The smallest absolute Gasteiger partial charge is 0.269 e. The van der Waals surface area contributed by atoms with Crippen molar-refractivity contribution in [3.8, 4) is 0 Å². The summed E-state index contributed by atoms with van der Waals surface area (Å²) in [5.41, 5.74) is 0. The molecule has 5 heteroatoms. The van der Waals surface area contributed by atoms with Crippen LogP contribution in [0.2, 0.25) is 0 Å². The first-order valence-electron chi connectivity index (χ1n) is 7.53. The maximum absolute atomic E-state index is 4.62. The molecule has 0 spiro atoms. The summed E-state index contributed by atoms with van der Waals surface area (Å²) < 4.78 is 4.18. The van der Waals surface area contributed by atoms with Gasteiger partial charge in [0.05, 0.1) is 0 Å². The first kappa shape index (κ1) is 13.7. The number of rotatable bonds is 4. The van der Waals surface area contributed by atoms with Gasteiger partial charge in [0.25, 0.3) is 0 Å². The summed E-state index contributed by atoms with van der Waals surface area (Å²) in [6.45, 7) is 0. The van der Waals surface area contributed by atoms with E-state index in [0.29, 0.717) is 0 Å². The second kappa shape index (κ2) is 5.70. The van der Waals surface area contributed by atoms with E-state index in [1.54, 1.807) is 0 Å². The summed E-state index contributed by atoms with van der Waals surface area (Å²) in [4.78, 5) is 0. The minimum Gasteiger partial charge on any atom is -0.269 e. The Morgan fingerprint density at radius 3 is 1.35 bits per heavy atom. The van der Waals surface area contributed by atoms with Gasteiger partial charge in [0.1, 0.15) is 0 Å². The molecule has 0 radical (unpaired) electrons. The monoisotopic (exact) mass is 316 g/mol. The van der Waals surface area contributed by atoms with Crippen molar-refractivity contribution in [2.24, 2.45) is 0 Å². The van der Waals surface area contributed by atoms with Crippen LogP contribution in [0.25, 0.3) is 0 Å². The van der Waals surface area contributed by atoms with Crippen LogP contribution in [0.4, 0.5) is 0 Å². The zero-order chi connectivity index (χ0) is 15.5. The van der Waals surface area contributed by atoms with Gasteiger partial charge in [-0.3, -0.25) is 8.69 Å². The second-order valence-electron chi connectivity index (χ2n) is 5.31. The Hall–Kier alpha value is -2.92. The van der Waals surface area contributed by atoms with Gasteiger partial charge in [0.15, 0.2) is 0 Å². The van der Waals surface area contributed by atoms with Gasteiger partial charge in [-0.15, -0.1) is 0 Å². The third kappa shape index (κ3) is 2.13. The van der Waals surface area contributed by atoms with Crippen LogP contribution >= 0.6 is 0 Å². The molecule has 0 fully saturated rings. The van der Waals surface area contributed by atoms with Gasteiger partial charge in [-0.25, -0.2) is 0 Å². The normalized spacial score (nSPS) is 11.5. The fraction of sp³-hybridized carbons (Fsp3) is 0. The third-order valence-electron chi connectivity index (χ3n) is 4.02. The van der Waals surface area contributed by atoms with Crippen LogP contribution in [0.3, 0.4) is 0 Å². The molecule has 0 aliphatic rings. The van der Waals surface area contributed by atoms with Gasteiger partial charge in [0.2, 0.25) is 0 Å². The van der Waals surface area contributed by atoms with E-state index >= 15 is 0 Å². The van der Waals surface area contributed by atoms with Crippen molar-refractivity contribution in [3.05, 3.63) is 97.6 Å². The quantitative estimate of drug-likeness (QED) is 0.538. The highest BCUT2D eigenvalue weighted by Crippen LogP contribution is 2.11. The van der Waals surface area contributed by atoms with Crippen molar-refractivity contribution < 1.29 is 0 Å². The molecule has 4 nitrogen and oxygen atoms in total. The maximum atomic E-state index is 4.62. The molecule has 0 unspecified atom stereocenters.